The van der Waals surface area contributed by atoms with Gasteiger partial charge in [-0.15, -0.1) is 0 Å². The Hall–Kier alpha value is -2.48. The van der Waals surface area contributed by atoms with Crippen LogP contribution in [-0.4, -0.2) is 13.7 Å². The molecule has 2 radical (unpaired) electrons. The number of hydrogen-bond donors (Lipinski definition) is 0. The third-order valence-electron chi connectivity index (χ3n) is 4.72. The Balaban J connectivity index is 2.10. The molecule has 2 rings (SSSR count). The highest BCUT2D eigenvalue weighted by Gasteiger charge is 2.09. The highest BCUT2D eigenvalue weighted by Crippen LogP contribution is 2.24. The van der Waals surface area contributed by atoms with Crippen molar-refractivity contribution < 1.29 is 9.47 Å². The summed E-state index contributed by atoms with van der Waals surface area (Å²) >= 11 is 0. The van der Waals surface area contributed by atoms with Gasteiger partial charge in [-0.1, -0.05) is 76.1 Å². The SMILES string of the molecule is [CH]=Cc1ccc(C=C(OC)c2cc[c]c(OCC(CC)CCCC)c2)cc1. The van der Waals surface area contributed by atoms with Crippen LogP contribution in [-0.2, 0) is 4.74 Å². The monoisotopic (exact) mass is 362 g/mol. The molecule has 0 aromatic heterocycles. The maximum atomic E-state index is 6.02. The molecular weight excluding hydrogens is 332 g/mol. The van der Waals surface area contributed by atoms with E-state index in [4.69, 9.17) is 16.1 Å². The zero-order valence-corrected chi connectivity index (χ0v) is 16.7. The lowest BCUT2D eigenvalue weighted by Gasteiger charge is -2.16. The van der Waals surface area contributed by atoms with Crippen molar-refractivity contribution in [3.8, 4) is 5.75 Å². The molecule has 1 unspecified atom stereocenters. The third-order valence-corrected chi connectivity index (χ3v) is 4.72. The normalized spacial score (nSPS) is 12.5. The zero-order valence-electron chi connectivity index (χ0n) is 16.7. The molecule has 2 aromatic carbocycles. The second-order valence-corrected chi connectivity index (χ2v) is 6.72. The molecule has 0 spiro atoms. The van der Waals surface area contributed by atoms with Gasteiger partial charge in [0.15, 0.2) is 0 Å². The summed E-state index contributed by atoms with van der Waals surface area (Å²) in [5, 5.41) is 0. The fourth-order valence-corrected chi connectivity index (χ4v) is 2.90. The first-order chi connectivity index (χ1) is 13.2. The number of ether oxygens (including phenoxy) is 2. The smallest absolute Gasteiger partial charge is 0.127 e. The molecular formula is C25H30O2. The maximum absolute atomic E-state index is 6.02. The molecule has 0 saturated carbocycles. The molecule has 2 aromatic rings. The predicted octanol–water partition coefficient (Wildman–Crippen LogP) is 6.67. The van der Waals surface area contributed by atoms with E-state index in [-0.39, 0.29) is 0 Å². The lowest BCUT2D eigenvalue weighted by Crippen LogP contribution is -2.11. The topological polar surface area (TPSA) is 18.5 Å². The molecule has 0 bridgehead atoms. The summed E-state index contributed by atoms with van der Waals surface area (Å²) in [5.41, 5.74) is 3.02. The van der Waals surface area contributed by atoms with Gasteiger partial charge in [0.25, 0.3) is 0 Å². The summed E-state index contributed by atoms with van der Waals surface area (Å²) in [6.07, 6.45) is 8.43. The van der Waals surface area contributed by atoms with E-state index in [0.717, 1.165) is 41.2 Å². The van der Waals surface area contributed by atoms with Crippen LogP contribution in [0.3, 0.4) is 0 Å². The lowest BCUT2D eigenvalue weighted by molar-refractivity contribution is 0.233. The van der Waals surface area contributed by atoms with Gasteiger partial charge in [0.2, 0.25) is 0 Å². The number of unbranched alkanes of at least 4 members (excludes halogenated alkanes) is 1. The van der Waals surface area contributed by atoms with Crippen LogP contribution < -0.4 is 4.74 Å². The van der Waals surface area contributed by atoms with Crippen molar-refractivity contribution in [2.24, 2.45) is 5.92 Å². The molecule has 0 saturated heterocycles. The maximum Gasteiger partial charge on any atom is 0.127 e. The van der Waals surface area contributed by atoms with E-state index in [1.807, 2.05) is 48.5 Å². The van der Waals surface area contributed by atoms with Crippen LogP contribution in [0.5, 0.6) is 5.75 Å². The molecule has 0 N–H and O–H groups in total. The van der Waals surface area contributed by atoms with Crippen LogP contribution in [0.25, 0.3) is 17.9 Å². The van der Waals surface area contributed by atoms with E-state index >= 15 is 0 Å². The van der Waals surface area contributed by atoms with Gasteiger partial charge in [0, 0.05) is 11.6 Å². The Morgan fingerprint density at radius 3 is 2.52 bits per heavy atom. The van der Waals surface area contributed by atoms with E-state index in [0.29, 0.717) is 5.92 Å². The molecule has 2 heteroatoms. The number of methoxy groups -OCH3 is 1. The van der Waals surface area contributed by atoms with Crippen LogP contribution in [0.4, 0.5) is 0 Å². The molecule has 27 heavy (non-hydrogen) atoms. The molecule has 0 fully saturated rings. The van der Waals surface area contributed by atoms with Crippen LogP contribution in [0.2, 0.25) is 0 Å². The second-order valence-electron chi connectivity index (χ2n) is 6.72. The van der Waals surface area contributed by atoms with Crippen molar-refractivity contribution >= 4 is 17.9 Å². The molecule has 142 valence electrons. The summed E-state index contributed by atoms with van der Waals surface area (Å²) < 4.78 is 11.6. The Kier molecular flexibility index (Phi) is 8.70. The fourth-order valence-electron chi connectivity index (χ4n) is 2.90. The second kappa shape index (κ2) is 11.3. The van der Waals surface area contributed by atoms with Gasteiger partial charge in [0.1, 0.15) is 11.5 Å². The molecule has 0 aliphatic carbocycles. The van der Waals surface area contributed by atoms with Gasteiger partial charge < -0.3 is 9.47 Å². The molecule has 0 heterocycles. The average Bonchev–Trinajstić information content (AvgIpc) is 2.72. The third kappa shape index (κ3) is 6.63. The Labute approximate surface area is 164 Å². The largest absolute Gasteiger partial charge is 0.496 e. The predicted molar refractivity (Wildman–Crippen MR) is 114 cm³/mol. The van der Waals surface area contributed by atoms with Crippen LogP contribution in [0.15, 0.2) is 42.5 Å². The summed E-state index contributed by atoms with van der Waals surface area (Å²) in [5.74, 6) is 2.15. The van der Waals surface area contributed by atoms with E-state index in [1.54, 1.807) is 13.2 Å². The summed E-state index contributed by atoms with van der Waals surface area (Å²) in [7, 11) is 1.68. The van der Waals surface area contributed by atoms with Crippen LogP contribution in [0.1, 0.15) is 56.2 Å². The van der Waals surface area contributed by atoms with Gasteiger partial charge in [0.05, 0.1) is 13.7 Å². The Morgan fingerprint density at radius 1 is 1.15 bits per heavy atom. The molecule has 0 aliphatic rings. The zero-order chi connectivity index (χ0) is 19.5. The van der Waals surface area contributed by atoms with Crippen LogP contribution >= 0.6 is 0 Å². The highest BCUT2D eigenvalue weighted by molar-refractivity contribution is 5.78. The van der Waals surface area contributed by atoms with Gasteiger partial charge in [-0.2, -0.15) is 0 Å². The average molecular weight is 363 g/mol. The first-order valence-corrected chi connectivity index (χ1v) is 9.75. The van der Waals surface area contributed by atoms with Crippen molar-refractivity contribution in [3.63, 3.8) is 0 Å². The molecule has 0 amide bonds. The summed E-state index contributed by atoms with van der Waals surface area (Å²) in [6, 6.07) is 17.0. The standard InChI is InChI=1S/C25H30O2/c1-5-8-10-21(7-3)19-27-24-12-9-11-23(18-24)25(26-4)17-22-15-13-20(6-2)14-16-22/h2,6,9,11,13-18,21H,5,7-8,10,19H2,1,3-4H3. The molecule has 0 aliphatic heterocycles. The van der Waals surface area contributed by atoms with E-state index < -0.39 is 0 Å². The summed E-state index contributed by atoms with van der Waals surface area (Å²) in [6.45, 7) is 10.7. The van der Waals surface area contributed by atoms with Gasteiger partial charge in [-0.05, 0) is 41.7 Å². The van der Waals surface area contributed by atoms with E-state index in [1.165, 1.54) is 19.3 Å². The van der Waals surface area contributed by atoms with Crippen LogP contribution in [0, 0.1) is 18.6 Å². The minimum atomic E-state index is 0.595. The number of benzene rings is 2. The van der Waals surface area contributed by atoms with Crippen molar-refractivity contribution in [2.75, 3.05) is 13.7 Å². The molecule has 1 atom stereocenters. The first-order valence-electron chi connectivity index (χ1n) is 9.75. The number of hydrogen-bond acceptors (Lipinski definition) is 2. The van der Waals surface area contributed by atoms with Crippen molar-refractivity contribution in [1.82, 2.24) is 0 Å². The minimum absolute atomic E-state index is 0.595. The Morgan fingerprint density at radius 2 is 1.89 bits per heavy atom. The van der Waals surface area contributed by atoms with Crippen molar-refractivity contribution in [3.05, 3.63) is 71.8 Å². The first kappa shape index (κ1) is 20.8. The summed E-state index contributed by atoms with van der Waals surface area (Å²) in [4.78, 5) is 0. The van der Waals surface area contributed by atoms with E-state index in [9.17, 15) is 0 Å². The van der Waals surface area contributed by atoms with Gasteiger partial charge >= 0.3 is 0 Å². The fraction of sp³-hybridized carbons (Fsp3) is 0.360. The molecule has 2 nitrogen and oxygen atoms in total. The minimum Gasteiger partial charge on any atom is -0.496 e. The Bertz CT molecular complexity index is 728. The quantitative estimate of drug-likeness (QED) is 0.328. The lowest BCUT2D eigenvalue weighted by atomic mass is 10.0. The van der Waals surface area contributed by atoms with Gasteiger partial charge in [-0.3, -0.25) is 0 Å². The van der Waals surface area contributed by atoms with Gasteiger partial charge in [-0.25, -0.2) is 0 Å². The highest BCUT2D eigenvalue weighted by atomic mass is 16.5. The van der Waals surface area contributed by atoms with Crippen molar-refractivity contribution in [2.45, 2.75) is 39.5 Å². The number of rotatable bonds is 11. The van der Waals surface area contributed by atoms with Crippen molar-refractivity contribution in [1.29, 1.82) is 0 Å². The van der Waals surface area contributed by atoms with E-state index in [2.05, 4.69) is 19.9 Å².